The first kappa shape index (κ1) is 17.0. The second kappa shape index (κ2) is 6.68. The Morgan fingerprint density at radius 2 is 1.93 bits per heavy atom. The summed E-state index contributed by atoms with van der Waals surface area (Å²) in [5.41, 5.74) is 2.87. The molecular weight excluding hydrogens is 346 g/mol. The number of benzene rings is 2. The van der Waals surface area contributed by atoms with E-state index in [4.69, 9.17) is 0 Å². The van der Waals surface area contributed by atoms with Gasteiger partial charge in [0.1, 0.15) is 5.70 Å². The first-order valence-electron chi connectivity index (χ1n) is 8.68. The van der Waals surface area contributed by atoms with E-state index in [1.54, 1.807) is 4.90 Å². The van der Waals surface area contributed by atoms with Crippen LogP contribution in [0.15, 0.2) is 60.3 Å². The second-order valence-corrected chi connectivity index (χ2v) is 6.57. The average molecular weight is 363 g/mol. The number of non-ortho nitro benzene ring substituents is 1. The summed E-state index contributed by atoms with van der Waals surface area (Å²) >= 11 is 0. The fourth-order valence-electron chi connectivity index (χ4n) is 3.63. The number of nitrogens with one attached hydrogen (secondary N) is 1. The Morgan fingerprint density at radius 3 is 2.67 bits per heavy atom. The van der Waals surface area contributed by atoms with Crippen molar-refractivity contribution in [1.82, 2.24) is 10.2 Å². The Morgan fingerprint density at radius 1 is 1.19 bits per heavy atom. The van der Waals surface area contributed by atoms with E-state index in [1.807, 2.05) is 18.2 Å². The minimum Gasteiger partial charge on any atom is -0.378 e. The van der Waals surface area contributed by atoms with E-state index in [2.05, 4.69) is 11.4 Å². The van der Waals surface area contributed by atoms with E-state index < -0.39 is 4.92 Å². The fraction of sp³-hybridized carbons (Fsp3) is 0.200. The zero-order chi connectivity index (χ0) is 19.0. The van der Waals surface area contributed by atoms with Crippen LogP contribution in [-0.2, 0) is 11.2 Å². The van der Waals surface area contributed by atoms with Crippen molar-refractivity contribution in [3.05, 3.63) is 87.1 Å². The highest BCUT2D eigenvalue weighted by molar-refractivity contribution is 6.09. The molecule has 2 aliphatic heterocycles. The van der Waals surface area contributed by atoms with Crippen LogP contribution in [0.5, 0.6) is 0 Å². The molecule has 0 saturated carbocycles. The predicted molar refractivity (Wildman–Crippen MR) is 98.1 cm³/mol. The summed E-state index contributed by atoms with van der Waals surface area (Å²) in [5, 5.41) is 13.8. The van der Waals surface area contributed by atoms with E-state index in [9.17, 15) is 19.7 Å². The molecule has 1 fully saturated rings. The molecule has 7 nitrogen and oxygen atoms in total. The van der Waals surface area contributed by atoms with E-state index in [1.165, 1.54) is 35.9 Å². The predicted octanol–water partition coefficient (Wildman–Crippen LogP) is 2.39. The van der Waals surface area contributed by atoms with Gasteiger partial charge in [0.05, 0.1) is 11.0 Å². The minimum atomic E-state index is -0.521. The molecule has 1 amide bonds. The van der Waals surface area contributed by atoms with E-state index in [-0.39, 0.29) is 29.1 Å². The largest absolute Gasteiger partial charge is 0.378 e. The summed E-state index contributed by atoms with van der Waals surface area (Å²) in [6.45, 7) is 1.16. The maximum absolute atomic E-state index is 12.8. The van der Waals surface area contributed by atoms with Gasteiger partial charge in [-0.1, -0.05) is 24.3 Å². The van der Waals surface area contributed by atoms with Crippen molar-refractivity contribution in [3.63, 3.8) is 0 Å². The van der Waals surface area contributed by atoms with Crippen molar-refractivity contribution in [1.29, 1.82) is 0 Å². The molecule has 1 saturated heterocycles. The quantitative estimate of drug-likeness (QED) is 0.391. The van der Waals surface area contributed by atoms with Gasteiger partial charge in [0.25, 0.3) is 11.6 Å². The molecule has 0 bridgehead atoms. The van der Waals surface area contributed by atoms with Crippen molar-refractivity contribution >= 4 is 17.4 Å². The standard InChI is InChI=1S/C20H17N3O4/c24-19(14-5-7-15(8-6-14)23(26)27)11-17-20(25)22-10-9-13-3-1-2-4-16(13)18(22)12-21-17/h1-8,11,18,21H,9-10,12H2/b17-11-. The molecule has 2 heterocycles. The molecule has 2 aliphatic rings. The molecule has 1 unspecified atom stereocenters. The zero-order valence-corrected chi connectivity index (χ0v) is 14.4. The Hall–Kier alpha value is -3.48. The summed E-state index contributed by atoms with van der Waals surface area (Å²) in [5.74, 6) is -0.562. The molecule has 4 rings (SSSR count). The summed E-state index contributed by atoms with van der Waals surface area (Å²) in [6, 6.07) is 13.4. The molecule has 2 aromatic carbocycles. The van der Waals surface area contributed by atoms with Crippen molar-refractivity contribution in [2.45, 2.75) is 12.5 Å². The van der Waals surface area contributed by atoms with Crippen LogP contribution in [0.4, 0.5) is 5.69 Å². The number of nitro groups is 1. The van der Waals surface area contributed by atoms with Crippen LogP contribution >= 0.6 is 0 Å². The highest BCUT2D eigenvalue weighted by atomic mass is 16.6. The van der Waals surface area contributed by atoms with Gasteiger partial charge >= 0.3 is 0 Å². The Balaban J connectivity index is 1.55. The topological polar surface area (TPSA) is 92.6 Å². The van der Waals surface area contributed by atoms with E-state index in [0.717, 1.165) is 12.0 Å². The third-order valence-corrected chi connectivity index (χ3v) is 5.03. The van der Waals surface area contributed by atoms with Gasteiger partial charge in [0, 0.05) is 36.9 Å². The molecule has 2 aromatic rings. The monoisotopic (exact) mass is 363 g/mol. The van der Waals surface area contributed by atoms with Crippen LogP contribution in [-0.4, -0.2) is 34.6 Å². The SMILES string of the molecule is O=C(/C=C1\NCC2c3ccccc3CCN2C1=O)c1ccc([N+](=O)[O-])cc1. The second-order valence-electron chi connectivity index (χ2n) is 6.57. The summed E-state index contributed by atoms with van der Waals surface area (Å²) in [4.78, 5) is 37.3. The van der Waals surface area contributed by atoms with E-state index >= 15 is 0 Å². The van der Waals surface area contributed by atoms with Crippen LogP contribution in [0.1, 0.15) is 27.5 Å². The van der Waals surface area contributed by atoms with Gasteiger partial charge in [-0.2, -0.15) is 0 Å². The number of nitro benzene ring substituents is 1. The number of carbonyl (C=O) groups is 2. The first-order valence-corrected chi connectivity index (χ1v) is 8.68. The Bertz CT molecular complexity index is 965. The van der Waals surface area contributed by atoms with Crippen LogP contribution in [0.3, 0.4) is 0 Å². The summed E-state index contributed by atoms with van der Waals surface area (Å²) in [6.07, 6.45) is 2.07. The summed E-state index contributed by atoms with van der Waals surface area (Å²) < 4.78 is 0. The number of amides is 1. The highest BCUT2D eigenvalue weighted by Crippen LogP contribution is 2.32. The van der Waals surface area contributed by atoms with Gasteiger partial charge in [-0.25, -0.2) is 0 Å². The van der Waals surface area contributed by atoms with Gasteiger partial charge in [-0.15, -0.1) is 0 Å². The van der Waals surface area contributed by atoms with Gasteiger partial charge < -0.3 is 10.2 Å². The number of fused-ring (bicyclic) bond motifs is 3. The van der Waals surface area contributed by atoms with Crippen molar-refractivity contribution in [2.24, 2.45) is 0 Å². The fourth-order valence-corrected chi connectivity index (χ4v) is 3.63. The van der Waals surface area contributed by atoms with Crippen molar-refractivity contribution in [2.75, 3.05) is 13.1 Å². The lowest BCUT2D eigenvalue weighted by Gasteiger charge is -2.41. The maximum Gasteiger partial charge on any atom is 0.270 e. The number of piperazine rings is 1. The van der Waals surface area contributed by atoms with Crippen LogP contribution in [0.2, 0.25) is 0 Å². The number of rotatable bonds is 3. The molecule has 0 aromatic heterocycles. The Labute approximate surface area is 155 Å². The molecule has 0 radical (unpaired) electrons. The number of ketones is 1. The Kier molecular flexibility index (Phi) is 4.19. The molecular formula is C20H17N3O4. The van der Waals surface area contributed by atoms with Gasteiger partial charge in [0.2, 0.25) is 0 Å². The van der Waals surface area contributed by atoms with E-state index in [0.29, 0.717) is 18.7 Å². The van der Waals surface area contributed by atoms with Crippen LogP contribution in [0, 0.1) is 10.1 Å². The smallest absolute Gasteiger partial charge is 0.270 e. The van der Waals surface area contributed by atoms with Gasteiger partial charge in [0.15, 0.2) is 5.78 Å². The lowest BCUT2D eigenvalue weighted by molar-refractivity contribution is -0.384. The maximum atomic E-state index is 12.8. The number of allylic oxidation sites excluding steroid dienone is 1. The minimum absolute atomic E-state index is 0.0333. The molecule has 0 aliphatic carbocycles. The third-order valence-electron chi connectivity index (χ3n) is 5.03. The lowest BCUT2D eigenvalue weighted by atomic mass is 9.90. The number of hydrogen-bond acceptors (Lipinski definition) is 5. The van der Waals surface area contributed by atoms with Gasteiger partial charge in [-0.05, 0) is 29.7 Å². The van der Waals surface area contributed by atoms with Gasteiger partial charge in [-0.3, -0.25) is 19.7 Å². The first-order chi connectivity index (χ1) is 13.0. The highest BCUT2D eigenvalue weighted by Gasteiger charge is 2.36. The third kappa shape index (κ3) is 3.08. The molecule has 7 heteroatoms. The van der Waals surface area contributed by atoms with Crippen LogP contribution < -0.4 is 5.32 Å². The zero-order valence-electron chi connectivity index (χ0n) is 14.4. The molecule has 1 N–H and O–H groups in total. The van der Waals surface area contributed by atoms with Crippen molar-refractivity contribution in [3.8, 4) is 0 Å². The molecule has 0 spiro atoms. The number of carbonyl (C=O) groups excluding carboxylic acids is 2. The molecule has 1 atom stereocenters. The average Bonchev–Trinajstić information content (AvgIpc) is 2.69. The normalized spacial score (nSPS) is 19.9. The number of nitrogens with zero attached hydrogens (tertiary/aromatic N) is 2. The van der Waals surface area contributed by atoms with Crippen molar-refractivity contribution < 1.29 is 14.5 Å². The summed E-state index contributed by atoms with van der Waals surface area (Å²) in [7, 11) is 0. The molecule has 27 heavy (non-hydrogen) atoms. The van der Waals surface area contributed by atoms with Crippen LogP contribution in [0.25, 0.3) is 0 Å². The lowest BCUT2D eigenvalue weighted by Crippen LogP contribution is -2.51. The molecule has 136 valence electrons. The number of hydrogen-bond donors (Lipinski definition) is 1.